The summed E-state index contributed by atoms with van der Waals surface area (Å²) in [5.74, 6) is 0.586. The molecule has 0 aliphatic heterocycles. The number of para-hydroxylation sites is 1. The summed E-state index contributed by atoms with van der Waals surface area (Å²) in [6.07, 6.45) is 0. The predicted molar refractivity (Wildman–Crippen MR) is 96.4 cm³/mol. The van der Waals surface area contributed by atoms with Gasteiger partial charge in [-0.05, 0) is 49.4 Å². The maximum Gasteiger partial charge on any atom is 0.291 e. The lowest BCUT2D eigenvalue weighted by Gasteiger charge is -2.06. The molecule has 1 N–H and O–H groups in total. The Labute approximate surface area is 149 Å². The molecule has 7 nitrogen and oxygen atoms in total. The first-order chi connectivity index (χ1) is 12.6. The SMILES string of the molecule is CCOc1ccc(NC(=O)c2ccc(-c3ccccc3[N+](=O)[O-])o2)cc1. The predicted octanol–water partition coefficient (Wildman–Crippen LogP) is 4.51. The van der Waals surface area contributed by atoms with Crippen molar-refractivity contribution in [2.45, 2.75) is 6.92 Å². The van der Waals surface area contributed by atoms with E-state index < -0.39 is 10.8 Å². The molecule has 0 spiro atoms. The van der Waals surface area contributed by atoms with Crippen LogP contribution in [0, 0.1) is 10.1 Å². The third-order valence-electron chi connectivity index (χ3n) is 3.62. The van der Waals surface area contributed by atoms with Crippen molar-refractivity contribution >= 4 is 17.3 Å². The molecule has 0 saturated carbocycles. The Morgan fingerprint density at radius 3 is 2.54 bits per heavy atom. The Morgan fingerprint density at radius 2 is 1.85 bits per heavy atom. The Balaban J connectivity index is 1.77. The zero-order chi connectivity index (χ0) is 18.5. The molecule has 7 heteroatoms. The fraction of sp³-hybridized carbons (Fsp3) is 0.105. The summed E-state index contributed by atoms with van der Waals surface area (Å²) in [6.45, 7) is 2.45. The lowest BCUT2D eigenvalue weighted by molar-refractivity contribution is -0.384. The first kappa shape index (κ1) is 17.2. The van der Waals surface area contributed by atoms with Gasteiger partial charge in [-0.2, -0.15) is 0 Å². The van der Waals surface area contributed by atoms with Crippen LogP contribution in [0.5, 0.6) is 5.75 Å². The highest BCUT2D eigenvalue weighted by molar-refractivity contribution is 6.02. The summed E-state index contributed by atoms with van der Waals surface area (Å²) in [5.41, 5.74) is 0.819. The molecule has 3 rings (SSSR count). The zero-order valence-corrected chi connectivity index (χ0v) is 14.0. The van der Waals surface area contributed by atoms with Crippen molar-refractivity contribution < 1.29 is 18.9 Å². The van der Waals surface area contributed by atoms with Crippen LogP contribution in [0.25, 0.3) is 11.3 Å². The van der Waals surface area contributed by atoms with Crippen molar-refractivity contribution in [1.29, 1.82) is 0 Å². The van der Waals surface area contributed by atoms with E-state index in [1.165, 1.54) is 18.2 Å². The van der Waals surface area contributed by atoms with E-state index in [0.717, 1.165) is 0 Å². The Morgan fingerprint density at radius 1 is 1.12 bits per heavy atom. The van der Waals surface area contributed by atoms with Crippen LogP contribution < -0.4 is 10.1 Å². The summed E-state index contributed by atoms with van der Waals surface area (Å²) in [4.78, 5) is 23.0. The van der Waals surface area contributed by atoms with Crippen LogP contribution >= 0.6 is 0 Å². The van der Waals surface area contributed by atoms with Gasteiger partial charge < -0.3 is 14.5 Å². The van der Waals surface area contributed by atoms with E-state index >= 15 is 0 Å². The number of carbonyl (C=O) groups excluding carboxylic acids is 1. The highest BCUT2D eigenvalue weighted by Gasteiger charge is 2.19. The lowest BCUT2D eigenvalue weighted by Crippen LogP contribution is -2.10. The van der Waals surface area contributed by atoms with Gasteiger partial charge in [0, 0.05) is 11.8 Å². The number of nitro groups is 1. The number of nitrogens with one attached hydrogen (secondary N) is 1. The third kappa shape index (κ3) is 3.72. The van der Waals surface area contributed by atoms with Crippen molar-refractivity contribution in [3.8, 4) is 17.1 Å². The normalized spacial score (nSPS) is 10.3. The van der Waals surface area contributed by atoms with Gasteiger partial charge in [0.1, 0.15) is 11.5 Å². The standard InChI is InChI=1S/C19H16N2O5/c1-2-25-14-9-7-13(8-10-14)20-19(22)18-12-11-17(26-18)15-5-3-4-6-16(15)21(23)24/h3-12H,2H2,1H3,(H,20,22). The number of furan rings is 1. The second-order valence-corrected chi connectivity index (χ2v) is 5.35. The quantitative estimate of drug-likeness (QED) is 0.520. The molecule has 0 bridgehead atoms. The van der Waals surface area contributed by atoms with Gasteiger partial charge >= 0.3 is 0 Å². The van der Waals surface area contributed by atoms with E-state index in [1.807, 2.05) is 6.92 Å². The van der Waals surface area contributed by atoms with Crippen molar-refractivity contribution in [3.05, 3.63) is 76.5 Å². The molecule has 0 fully saturated rings. The van der Waals surface area contributed by atoms with Crippen LogP contribution in [0.4, 0.5) is 11.4 Å². The van der Waals surface area contributed by atoms with Crippen LogP contribution in [0.2, 0.25) is 0 Å². The van der Waals surface area contributed by atoms with Crippen molar-refractivity contribution in [1.82, 2.24) is 0 Å². The molecule has 1 heterocycles. The van der Waals surface area contributed by atoms with E-state index in [4.69, 9.17) is 9.15 Å². The maximum absolute atomic E-state index is 12.3. The Hall–Kier alpha value is -3.61. The zero-order valence-electron chi connectivity index (χ0n) is 14.0. The van der Waals surface area contributed by atoms with Gasteiger partial charge in [0.15, 0.2) is 5.76 Å². The number of amides is 1. The van der Waals surface area contributed by atoms with Gasteiger partial charge in [0.2, 0.25) is 0 Å². The maximum atomic E-state index is 12.3. The molecule has 0 unspecified atom stereocenters. The minimum atomic E-state index is -0.489. The van der Waals surface area contributed by atoms with Gasteiger partial charge in [-0.1, -0.05) is 12.1 Å². The molecule has 3 aromatic rings. The highest BCUT2D eigenvalue weighted by atomic mass is 16.6. The summed E-state index contributed by atoms with van der Waals surface area (Å²) >= 11 is 0. The molecule has 1 aromatic heterocycles. The van der Waals surface area contributed by atoms with Crippen LogP contribution in [-0.4, -0.2) is 17.4 Å². The van der Waals surface area contributed by atoms with Crippen molar-refractivity contribution in [2.75, 3.05) is 11.9 Å². The number of rotatable bonds is 6. The second-order valence-electron chi connectivity index (χ2n) is 5.35. The number of ether oxygens (including phenoxy) is 1. The summed E-state index contributed by atoms with van der Waals surface area (Å²) in [5, 5.41) is 13.8. The number of nitrogens with zero attached hydrogens (tertiary/aromatic N) is 1. The summed E-state index contributed by atoms with van der Waals surface area (Å²) in [6, 6.07) is 16.2. The average Bonchev–Trinajstić information content (AvgIpc) is 3.14. The fourth-order valence-electron chi connectivity index (χ4n) is 2.44. The van der Waals surface area contributed by atoms with Gasteiger partial charge in [-0.3, -0.25) is 14.9 Å². The molecule has 0 saturated heterocycles. The molecular formula is C19H16N2O5. The van der Waals surface area contributed by atoms with Crippen LogP contribution in [-0.2, 0) is 0 Å². The van der Waals surface area contributed by atoms with Crippen LogP contribution in [0.15, 0.2) is 65.1 Å². The fourth-order valence-corrected chi connectivity index (χ4v) is 2.44. The topological polar surface area (TPSA) is 94.6 Å². The van der Waals surface area contributed by atoms with E-state index in [1.54, 1.807) is 42.5 Å². The molecule has 26 heavy (non-hydrogen) atoms. The first-order valence-corrected chi connectivity index (χ1v) is 7.96. The molecule has 0 atom stereocenters. The number of anilines is 1. The molecule has 0 radical (unpaired) electrons. The molecular weight excluding hydrogens is 336 g/mol. The van der Waals surface area contributed by atoms with E-state index in [2.05, 4.69) is 5.32 Å². The molecule has 132 valence electrons. The first-order valence-electron chi connectivity index (χ1n) is 7.96. The monoisotopic (exact) mass is 352 g/mol. The Bertz CT molecular complexity index is 931. The van der Waals surface area contributed by atoms with E-state index in [9.17, 15) is 14.9 Å². The number of nitro benzene ring substituents is 1. The minimum absolute atomic E-state index is 0.0621. The number of carbonyl (C=O) groups is 1. The largest absolute Gasteiger partial charge is 0.494 e. The molecule has 2 aromatic carbocycles. The number of hydrogen-bond acceptors (Lipinski definition) is 5. The van der Waals surface area contributed by atoms with Crippen LogP contribution in [0.1, 0.15) is 17.5 Å². The third-order valence-corrected chi connectivity index (χ3v) is 3.62. The molecule has 1 amide bonds. The van der Waals surface area contributed by atoms with E-state index in [0.29, 0.717) is 23.6 Å². The smallest absolute Gasteiger partial charge is 0.291 e. The number of hydrogen-bond donors (Lipinski definition) is 1. The van der Waals surface area contributed by atoms with Gasteiger partial charge in [0.25, 0.3) is 11.6 Å². The summed E-state index contributed by atoms with van der Waals surface area (Å²) < 4.78 is 10.9. The van der Waals surface area contributed by atoms with Gasteiger partial charge in [-0.25, -0.2) is 0 Å². The van der Waals surface area contributed by atoms with Crippen LogP contribution in [0.3, 0.4) is 0 Å². The highest BCUT2D eigenvalue weighted by Crippen LogP contribution is 2.31. The second kappa shape index (κ2) is 7.52. The minimum Gasteiger partial charge on any atom is -0.494 e. The van der Waals surface area contributed by atoms with Crippen molar-refractivity contribution in [2.24, 2.45) is 0 Å². The van der Waals surface area contributed by atoms with Crippen molar-refractivity contribution in [3.63, 3.8) is 0 Å². The average molecular weight is 352 g/mol. The molecule has 0 aliphatic carbocycles. The molecule has 0 aliphatic rings. The number of benzene rings is 2. The van der Waals surface area contributed by atoms with Gasteiger partial charge in [0.05, 0.1) is 17.1 Å². The Kier molecular flexibility index (Phi) is 4.98. The van der Waals surface area contributed by atoms with Gasteiger partial charge in [-0.15, -0.1) is 0 Å². The summed E-state index contributed by atoms with van der Waals surface area (Å²) in [7, 11) is 0. The lowest BCUT2D eigenvalue weighted by atomic mass is 10.1. The van der Waals surface area contributed by atoms with E-state index in [-0.39, 0.29) is 17.2 Å².